The number of nitrogens with zero attached hydrogens (tertiary/aromatic N) is 1. The van der Waals surface area contributed by atoms with E-state index in [1.54, 1.807) is 11.8 Å². The first kappa shape index (κ1) is 23.8. The van der Waals surface area contributed by atoms with Crippen molar-refractivity contribution in [1.29, 1.82) is 0 Å². The van der Waals surface area contributed by atoms with Crippen molar-refractivity contribution in [2.75, 3.05) is 5.75 Å². The highest BCUT2D eigenvalue weighted by atomic mass is 79.9. The van der Waals surface area contributed by atoms with Crippen LogP contribution in [0.4, 0.5) is 0 Å². The number of hydrogen-bond donors (Lipinski definition) is 1. The molecule has 0 heterocycles. The Hall–Kier alpha value is -1.50. The SMILES string of the molecule is CC(C)NC(=O)C(C)N(Cc1ccc(Br)cc1)C(=O)CSCc1cccc(Cl)c1. The van der Waals surface area contributed by atoms with Crippen molar-refractivity contribution >= 4 is 51.1 Å². The number of halogens is 2. The number of benzene rings is 2. The average Bonchev–Trinajstić information content (AvgIpc) is 2.66. The molecule has 1 N–H and O–H groups in total. The maximum absolute atomic E-state index is 13.0. The highest BCUT2D eigenvalue weighted by Crippen LogP contribution is 2.19. The Morgan fingerprint density at radius 1 is 1.10 bits per heavy atom. The molecular formula is C22H26BrClN2O2S. The van der Waals surface area contributed by atoms with Gasteiger partial charge in [0, 0.05) is 27.8 Å². The minimum atomic E-state index is -0.555. The highest BCUT2D eigenvalue weighted by molar-refractivity contribution is 9.10. The molecule has 0 aliphatic rings. The van der Waals surface area contributed by atoms with Crippen molar-refractivity contribution in [3.05, 3.63) is 69.2 Å². The molecule has 0 aliphatic heterocycles. The fourth-order valence-corrected chi connectivity index (χ4v) is 4.08. The predicted molar refractivity (Wildman–Crippen MR) is 125 cm³/mol. The molecule has 0 saturated carbocycles. The molecule has 156 valence electrons. The average molecular weight is 498 g/mol. The van der Waals surface area contributed by atoms with Crippen LogP contribution in [0.15, 0.2) is 53.0 Å². The van der Waals surface area contributed by atoms with Crippen LogP contribution in [0.1, 0.15) is 31.9 Å². The van der Waals surface area contributed by atoms with Crippen molar-refractivity contribution in [1.82, 2.24) is 10.2 Å². The Morgan fingerprint density at radius 2 is 1.79 bits per heavy atom. The Kier molecular flexibility index (Phi) is 9.53. The summed E-state index contributed by atoms with van der Waals surface area (Å²) in [7, 11) is 0. The van der Waals surface area contributed by atoms with Crippen LogP contribution in [-0.2, 0) is 21.9 Å². The van der Waals surface area contributed by atoms with Crippen LogP contribution in [0.2, 0.25) is 5.02 Å². The van der Waals surface area contributed by atoms with Crippen LogP contribution in [0.5, 0.6) is 0 Å². The van der Waals surface area contributed by atoms with Gasteiger partial charge in [-0.1, -0.05) is 51.8 Å². The maximum atomic E-state index is 13.0. The normalized spacial score (nSPS) is 11.9. The number of amides is 2. The number of carbonyl (C=O) groups excluding carboxylic acids is 2. The minimum Gasteiger partial charge on any atom is -0.352 e. The largest absolute Gasteiger partial charge is 0.352 e. The number of nitrogens with one attached hydrogen (secondary N) is 1. The molecule has 29 heavy (non-hydrogen) atoms. The lowest BCUT2D eigenvalue weighted by Gasteiger charge is -2.29. The Balaban J connectivity index is 2.06. The molecule has 1 atom stereocenters. The Morgan fingerprint density at radius 3 is 2.41 bits per heavy atom. The summed E-state index contributed by atoms with van der Waals surface area (Å²) in [6.07, 6.45) is 0. The van der Waals surface area contributed by atoms with Crippen molar-refractivity contribution < 1.29 is 9.59 Å². The van der Waals surface area contributed by atoms with Crippen LogP contribution in [0, 0.1) is 0 Å². The predicted octanol–water partition coefficient (Wildman–Crippen LogP) is 5.28. The summed E-state index contributed by atoms with van der Waals surface area (Å²) in [4.78, 5) is 27.2. The second-order valence-electron chi connectivity index (χ2n) is 7.11. The zero-order chi connectivity index (χ0) is 21.4. The second kappa shape index (κ2) is 11.6. The zero-order valence-corrected chi connectivity index (χ0v) is 20.0. The van der Waals surface area contributed by atoms with Crippen LogP contribution in [0.3, 0.4) is 0 Å². The summed E-state index contributed by atoms with van der Waals surface area (Å²) < 4.78 is 0.974. The van der Waals surface area contributed by atoms with E-state index in [9.17, 15) is 9.59 Å². The van der Waals surface area contributed by atoms with Crippen LogP contribution >= 0.6 is 39.3 Å². The Bertz CT molecular complexity index is 830. The first-order chi connectivity index (χ1) is 13.8. The molecule has 2 rings (SSSR count). The second-order valence-corrected chi connectivity index (χ2v) is 9.45. The van der Waals surface area contributed by atoms with Gasteiger partial charge in [0.15, 0.2) is 0 Å². The molecule has 2 amide bonds. The van der Waals surface area contributed by atoms with Gasteiger partial charge < -0.3 is 10.2 Å². The maximum Gasteiger partial charge on any atom is 0.242 e. The fourth-order valence-electron chi connectivity index (χ4n) is 2.74. The van der Waals surface area contributed by atoms with Crippen LogP contribution in [0.25, 0.3) is 0 Å². The van der Waals surface area contributed by atoms with Gasteiger partial charge in [-0.25, -0.2) is 0 Å². The van der Waals surface area contributed by atoms with E-state index in [0.29, 0.717) is 23.1 Å². The van der Waals surface area contributed by atoms with E-state index in [4.69, 9.17) is 11.6 Å². The molecule has 0 radical (unpaired) electrons. The molecule has 0 spiro atoms. The highest BCUT2D eigenvalue weighted by Gasteiger charge is 2.26. The van der Waals surface area contributed by atoms with Crippen molar-refractivity contribution in [2.45, 2.75) is 45.2 Å². The smallest absolute Gasteiger partial charge is 0.242 e. The van der Waals surface area contributed by atoms with E-state index in [1.165, 1.54) is 11.8 Å². The summed E-state index contributed by atoms with van der Waals surface area (Å²) in [5.74, 6) is 0.768. The summed E-state index contributed by atoms with van der Waals surface area (Å²) in [6.45, 7) is 5.98. The molecule has 0 aliphatic carbocycles. The van der Waals surface area contributed by atoms with E-state index in [-0.39, 0.29) is 17.9 Å². The summed E-state index contributed by atoms with van der Waals surface area (Å²) in [5.41, 5.74) is 2.05. The number of rotatable bonds is 9. The molecule has 1 unspecified atom stereocenters. The fraction of sp³-hybridized carbons (Fsp3) is 0.364. The minimum absolute atomic E-state index is 0.0202. The van der Waals surface area contributed by atoms with Gasteiger partial charge in [0.2, 0.25) is 11.8 Å². The molecule has 4 nitrogen and oxygen atoms in total. The molecule has 0 aromatic heterocycles. The van der Waals surface area contributed by atoms with Crippen LogP contribution in [-0.4, -0.2) is 34.6 Å². The van der Waals surface area contributed by atoms with E-state index < -0.39 is 6.04 Å². The topological polar surface area (TPSA) is 49.4 Å². The van der Waals surface area contributed by atoms with Gasteiger partial charge in [-0.3, -0.25) is 9.59 Å². The third-order valence-corrected chi connectivity index (χ3v) is 6.00. The quantitative estimate of drug-likeness (QED) is 0.513. The lowest BCUT2D eigenvalue weighted by atomic mass is 10.1. The number of thioether (sulfide) groups is 1. The molecule has 0 saturated heterocycles. The third-order valence-electron chi connectivity index (χ3n) is 4.25. The van der Waals surface area contributed by atoms with E-state index in [1.807, 2.05) is 62.4 Å². The summed E-state index contributed by atoms with van der Waals surface area (Å²) in [5, 5.41) is 3.58. The van der Waals surface area contributed by atoms with Gasteiger partial charge in [0.25, 0.3) is 0 Å². The van der Waals surface area contributed by atoms with Gasteiger partial charge >= 0.3 is 0 Å². The third kappa shape index (κ3) is 8.03. The van der Waals surface area contributed by atoms with E-state index in [0.717, 1.165) is 15.6 Å². The number of carbonyl (C=O) groups is 2. The molecule has 2 aromatic rings. The molecular weight excluding hydrogens is 472 g/mol. The van der Waals surface area contributed by atoms with Gasteiger partial charge in [-0.2, -0.15) is 0 Å². The van der Waals surface area contributed by atoms with Crippen molar-refractivity contribution in [3.8, 4) is 0 Å². The lowest BCUT2D eigenvalue weighted by molar-refractivity contribution is -0.138. The van der Waals surface area contributed by atoms with Gasteiger partial charge in [0.1, 0.15) is 6.04 Å². The molecule has 0 bridgehead atoms. The first-order valence-corrected chi connectivity index (χ1v) is 11.8. The lowest BCUT2D eigenvalue weighted by Crippen LogP contribution is -2.49. The zero-order valence-electron chi connectivity index (χ0n) is 16.8. The summed E-state index contributed by atoms with van der Waals surface area (Å²) in [6, 6.07) is 14.9. The standard InChI is InChI=1S/C22H26BrClN2O2S/c1-15(2)25-22(28)16(3)26(12-17-7-9-19(23)10-8-17)21(27)14-29-13-18-5-4-6-20(24)11-18/h4-11,15-16H,12-14H2,1-3H3,(H,25,28). The first-order valence-electron chi connectivity index (χ1n) is 9.42. The van der Waals surface area contributed by atoms with Gasteiger partial charge in [-0.15, -0.1) is 11.8 Å². The van der Waals surface area contributed by atoms with Crippen LogP contribution < -0.4 is 5.32 Å². The van der Waals surface area contributed by atoms with E-state index in [2.05, 4.69) is 21.2 Å². The molecule has 0 fully saturated rings. The molecule has 2 aromatic carbocycles. The van der Waals surface area contributed by atoms with Crippen molar-refractivity contribution in [3.63, 3.8) is 0 Å². The number of hydrogen-bond acceptors (Lipinski definition) is 3. The Labute approximate surface area is 190 Å². The summed E-state index contributed by atoms with van der Waals surface area (Å²) >= 11 is 11.0. The van der Waals surface area contributed by atoms with Crippen molar-refractivity contribution in [2.24, 2.45) is 0 Å². The van der Waals surface area contributed by atoms with E-state index >= 15 is 0 Å². The van der Waals surface area contributed by atoms with Gasteiger partial charge in [0.05, 0.1) is 5.75 Å². The monoisotopic (exact) mass is 496 g/mol. The molecule has 7 heteroatoms. The van der Waals surface area contributed by atoms with Gasteiger partial charge in [-0.05, 0) is 56.2 Å².